The summed E-state index contributed by atoms with van der Waals surface area (Å²) in [5.41, 5.74) is 6.67. The predicted molar refractivity (Wildman–Crippen MR) is 218 cm³/mol. The molecule has 5 aromatic heterocycles. The van der Waals surface area contributed by atoms with Gasteiger partial charge in [-0.1, -0.05) is 83.1 Å². The van der Waals surface area contributed by atoms with Crippen LogP contribution in [-0.2, 0) is 11.8 Å². The van der Waals surface area contributed by atoms with E-state index in [1.807, 2.05) is 76.6 Å². The van der Waals surface area contributed by atoms with Crippen LogP contribution in [0.3, 0.4) is 0 Å². The van der Waals surface area contributed by atoms with Crippen LogP contribution in [0.5, 0.6) is 11.6 Å². The van der Waals surface area contributed by atoms with Gasteiger partial charge in [-0.3, -0.25) is 4.98 Å². The second-order valence-electron chi connectivity index (χ2n) is 14.6. The molecular formula is C44H36N2OS3. The van der Waals surface area contributed by atoms with Crippen LogP contribution in [0.4, 0.5) is 0 Å². The monoisotopic (exact) mass is 704 g/mol. The molecule has 9 aromatic rings. The lowest BCUT2D eigenvalue weighted by Gasteiger charge is -2.22. The van der Waals surface area contributed by atoms with E-state index in [1.54, 1.807) is 0 Å². The van der Waals surface area contributed by atoms with Gasteiger partial charge in [0.1, 0.15) is 5.75 Å². The summed E-state index contributed by atoms with van der Waals surface area (Å²) in [7, 11) is 0. The molecule has 0 amide bonds. The molecule has 0 atom stereocenters. The van der Waals surface area contributed by atoms with Crippen molar-refractivity contribution in [1.82, 2.24) is 9.97 Å². The average Bonchev–Trinajstić information content (AvgIpc) is 3.76. The van der Waals surface area contributed by atoms with E-state index < -0.39 is 0 Å². The minimum Gasteiger partial charge on any atom is -0.439 e. The number of hydrogen-bond acceptors (Lipinski definition) is 6. The molecule has 3 nitrogen and oxygen atoms in total. The number of pyridine rings is 2. The molecule has 6 heteroatoms. The smallest absolute Gasteiger partial charge is 0.220 e. The van der Waals surface area contributed by atoms with Crippen molar-refractivity contribution < 1.29 is 4.74 Å². The van der Waals surface area contributed by atoms with Crippen molar-refractivity contribution in [2.45, 2.75) is 46.5 Å². The molecule has 0 radical (unpaired) electrons. The highest BCUT2D eigenvalue weighted by Crippen LogP contribution is 2.50. The van der Waals surface area contributed by atoms with Crippen LogP contribution in [0.1, 0.15) is 45.7 Å². The van der Waals surface area contributed by atoms with Gasteiger partial charge in [0, 0.05) is 64.4 Å². The Bertz CT molecular complexity index is 2730. The Morgan fingerprint density at radius 3 is 2.34 bits per heavy atom. The number of fused-ring (bicyclic) bond motifs is 8. The van der Waals surface area contributed by atoms with E-state index in [2.05, 4.69) is 106 Å². The predicted octanol–water partition coefficient (Wildman–Crippen LogP) is 14.0. The fourth-order valence-electron chi connectivity index (χ4n) is 7.13. The number of hydrogen-bond donors (Lipinski definition) is 0. The molecule has 0 aliphatic rings. The Kier molecular flexibility index (Phi) is 7.54. The second-order valence-corrected chi connectivity index (χ2v) is 18.0. The van der Waals surface area contributed by atoms with Crippen LogP contribution >= 0.6 is 34.0 Å². The maximum absolute atomic E-state index is 6.64. The minimum absolute atomic E-state index is 0.0731. The zero-order valence-electron chi connectivity index (χ0n) is 28.7. The second kappa shape index (κ2) is 12.0. The highest BCUT2D eigenvalue weighted by atomic mass is 32.2. The molecule has 0 saturated carbocycles. The van der Waals surface area contributed by atoms with Crippen LogP contribution < -0.4 is 4.74 Å². The molecule has 5 heterocycles. The Morgan fingerprint density at radius 2 is 1.52 bits per heavy atom. The summed E-state index contributed by atoms with van der Waals surface area (Å²) in [5.74, 6) is 1.93. The lowest BCUT2D eigenvalue weighted by molar-refractivity contribution is 0.465. The maximum atomic E-state index is 6.64. The summed E-state index contributed by atoms with van der Waals surface area (Å²) in [6, 6.07) is 36.8. The summed E-state index contributed by atoms with van der Waals surface area (Å²) in [4.78, 5) is 9.89. The van der Waals surface area contributed by atoms with Crippen LogP contribution in [0.2, 0.25) is 0 Å². The maximum Gasteiger partial charge on any atom is 0.220 e. The minimum atomic E-state index is -0.0731. The molecule has 0 bridgehead atoms. The molecule has 0 spiro atoms. The molecular weight excluding hydrogens is 669 g/mol. The SMILES string of the molecule is CC(C)Cc1ccc2c(c1)sc1c(-c3cc(C(C)(C)C)c4c(c3)sc3sc5ccccc5c34)nc(Oc3cccc(-c4ccccn4)c3)cc12. The van der Waals surface area contributed by atoms with Crippen molar-refractivity contribution in [3.8, 4) is 34.1 Å². The van der Waals surface area contributed by atoms with Crippen molar-refractivity contribution in [2.75, 3.05) is 0 Å². The van der Waals surface area contributed by atoms with Gasteiger partial charge in [-0.15, -0.1) is 34.0 Å². The molecule has 0 saturated heterocycles. The summed E-state index contributed by atoms with van der Waals surface area (Å²) in [5, 5.41) is 6.54. The standard InChI is InChI=1S/C44H36N2OS3/c1-25(2)19-26-16-17-30-32-24-38(47-29-12-10-11-27(21-29)34-14-8-9-18-45-34)46-41(42(32)48-36(30)20-26)28-22-33(44(3,4)5)40-37(23-28)50-43-39(40)31-13-6-7-15-35(31)49-43/h6-18,20-25H,19H2,1-5H3. The van der Waals surface area contributed by atoms with Crippen molar-refractivity contribution >= 4 is 83.8 Å². The van der Waals surface area contributed by atoms with Gasteiger partial charge in [0.05, 0.1) is 20.1 Å². The number of benzene rings is 4. The van der Waals surface area contributed by atoms with E-state index >= 15 is 0 Å². The molecule has 0 N–H and O–H groups in total. The molecule has 50 heavy (non-hydrogen) atoms. The number of thiophene rings is 3. The zero-order valence-corrected chi connectivity index (χ0v) is 31.2. The van der Waals surface area contributed by atoms with Gasteiger partial charge < -0.3 is 4.74 Å². The summed E-state index contributed by atoms with van der Waals surface area (Å²) < 4.78 is 13.2. The van der Waals surface area contributed by atoms with Gasteiger partial charge in [0.25, 0.3) is 0 Å². The van der Waals surface area contributed by atoms with Gasteiger partial charge in [0.2, 0.25) is 5.88 Å². The Balaban J connectivity index is 1.27. The number of aromatic nitrogens is 2. The quantitative estimate of drug-likeness (QED) is 0.173. The molecule has 9 rings (SSSR count). The Morgan fingerprint density at radius 1 is 0.680 bits per heavy atom. The lowest BCUT2D eigenvalue weighted by Crippen LogP contribution is -2.11. The van der Waals surface area contributed by atoms with Crippen LogP contribution in [0, 0.1) is 5.92 Å². The van der Waals surface area contributed by atoms with Crippen LogP contribution in [0.15, 0.2) is 109 Å². The molecule has 0 aliphatic heterocycles. The summed E-state index contributed by atoms with van der Waals surface area (Å²) >= 11 is 5.66. The van der Waals surface area contributed by atoms with E-state index in [1.165, 1.54) is 60.9 Å². The van der Waals surface area contributed by atoms with Gasteiger partial charge in [-0.25, -0.2) is 4.98 Å². The largest absolute Gasteiger partial charge is 0.439 e. The molecule has 0 aliphatic carbocycles. The third-order valence-corrected chi connectivity index (χ3v) is 12.9. The normalized spacial score (nSPS) is 12.4. The first-order chi connectivity index (χ1) is 24.2. The topological polar surface area (TPSA) is 35.0 Å². The summed E-state index contributed by atoms with van der Waals surface area (Å²) in [6.07, 6.45) is 2.88. The van der Waals surface area contributed by atoms with E-state index in [4.69, 9.17) is 9.72 Å². The van der Waals surface area contributed by atoms with Crippen LogP contribution in [-0.4, -0.2) is 9.97 Å². The van der Waals surface area contributed by atoms with Crippen molar-refractivity contribution in [1.29, 1.82) is 0 Å². The Hall–Kier alpha value is -4.62. The number of nitrogens with zero attached hydrogens (tertiary/aromatic N) is 2. The molecule has 0 unspecified atom stereocenters. The van der Waals surface area contributed by atoms with Gasteiger partial charge in [-0.2, -0.15) is 0 Å². The van der Waals surface area contributed by atoms with Crippen molar-refractivity contribution in [3.63, 3.8) is 0 Å². The van der Waals surface area contributed by atoms with E-state index in [0.29, 0.717) is 11.8 Å². The fraction of sp³-hybridized carbons (Fsp3) is 0.182. The van der Waals surface area contributed by atoms with E-state index in [-0.39, 0.29) is 5.41 Å². The average molecular weight is 705 g/mol. The highest BCUT2D eigenvalue weighted by Gasteiger charge is 2.25. The van der Waals surface area contributed by atoms with Crippen molar-refractivity contribution in [3.05, 3.63) is 120 Å². The first-order valence-electron chi connectivity index (χ1n) is 17.1. The molecule has 246 valence electrons. The van der Waals surface area contributed by atoms with Crippen LogP contribution in [0.25, 0.3) is 72.3 Å². The third-order valence-electron chi connectivity index (χ3n) is 9.36. The number of rotatable bonds is 6. The zero-order chi connectivity index (χ0) is 34.1. The Labute approximate surface area is 303 Å². The van der Waals surface area contributed by atoms with Crippen molar-refractivity contribution in [2.24, 2.45) is 5.92 Å². The highest BCUT2D eigenvalue weighted by molar-refractivity contribution is 7.44. The van der Waals surface area contributed by atoms with Gasteiger partial charge >= 0.3 is 0 Å². The molecule has 4 aromatic carbocycles. The molecule has 0 fully saturated rings. The first-order valence-corrected chi connectivity index (χ1v) is 19.6. The van der Waals surface area contributed by atoms with Gasteiger partial charge in [0.15, 0.2) is 0 Å². The van der Waals surface area contributed by atoms with E-state index in [9.17, 15) is 0 Å². The fourth-order valence-corrected chi connectivity index (χ4v) is 11.0. The van der Waals surface area contributed by atoms with Gasteiger partial charge in [-0.05, 0) is 77.4 Å². The summed E-state index contributed by atoms with van der Waals surface area (Å²) in [6.45, 7) is 11.6. The van der Waals surface area contributed by atoms with E-state index in [0.717, 1.165) is 34.7 Å². The first kappa shape index (κ1) is 31.4. The third kappa shape index (κ3) is 5.47. The lowest BCUT2D eigenvalue weighted by atomic mass is 9.83. The number of ether oxygens (including phenoxy) is 1.